The van der Waals surface area contributed by atoms with Crippen LogP contribution in [0.15, 0.2) is 24.3 Å². The molecule has 0 aromatic heterocycles. The van der Waals surface area contributed by atoms with E-state index in [1.54, 1.807) is 0 Å². The van der Waals surface area contributed by atoms with Crippen LogP contribution < -0.4 is 0 Å². The maximum absolute atomic E-state index is 11.6. The summed E-state index contributed by atoms with van der Waals surface area (Å²) in [5.74, 6) is -0.289. The molecule has 0 amide bonds. The number of hydrogen-bond donors (Lipinski definition) is 0. The highest BCUT2D eigenvalue weighted by molar-refractivity contribution is 5.87. The van der Waals surface area contributed by atoms with Gasteiger partial charge in [-0.05, 0) is 62.8 Å². The lowest BCUT2D eigenvalue weighted by atomic mass is 10.1. The largest absolute Gasteiger partial charge is 0.457 e. The van der Waals surface area contributed by atoms with Crippen molar-refractivity contribution in [3.8, 4) is 0 Å². The Kier molecular flexibility index (Phi) is 3.55. The van der Waals surface area contributed by atoms with Crippen LogP contribution in [-0.2, 0) is 22.4 Å². The lowest BCUT2D eigenvalue weighted by molar-refractivity contribution is -0.148. The van der Waals surface area contributed by atoms with Crippen molar-refractivity contribution >= 4 is 12.0 Å². The molecular weight excluding hydrogens is 224 g/mol. The van der Waals surface area contributed by atoms with Crippen LogP contribution in [0.1, 0.15) is 43.9 Å². The molecule has 0 saturated carbocycles. The third kappa shape index (κ3) is 3.46. The van der Waals surface area contributed by atoms with Crippen LogP contribution in [0.2, 0.25) is 0 Å². The van der Waals surface area contributed by atoms with Crippen LogP contribution in [-0.4, -0.2) is 11.6 Å². The van der Waals surface area contributed by atoms with Gasteiger partial charge in [-0.15, -0.1) is 0 Å². The zero-order chi connectivity index (χ0) is 13.2. The molecule has 1 aliphatic carbocycles. The van der Waals surface area contributed by atoms with Gasteiger partial charge in [-0.1, -0.05) is 18.2 Å². The zero-order valence-corrected chi connectivity index (χ0v) is 11.3. The van der Waals surface area contributed by atoms with E-state index in [1.807, 2.05) is 26.8 Å². The molecule has 1 aromatic rings. The Hall–Kier alpha value is -1.57. The number of rotatable bonds is 2. The molecule has 0 atom stereocenters. The number of esters is 1. The zero-order valence-electron chi connectivity index (χ0n) is 11.3. The van der Waals surface area contributed by atoms with Gasteiger partial charge in [-0.25, -0.2) is 4.79 Å². The fourth-order valence-corrected chi connectivity index (χ4v) is 2.20. The summed E-state index contributed by atoms with van der Waals surface area (Å²) in [4.78, 5) is 11.6. The molecule has 1 aliphatic rings. The van der Waals surface area contributed by atoms with Gasteiger partial charge in [-0.3, -0.25) is 0 Å². The summed E-state index contributed by atoms with van der Waals surface area (Å²) in [6.45, 7) is 5.61. The number of carbonyl (C=O) groups is 1. The third-order valence-corrected chi connectivity index (χ3v) is 2.94. The summed E-state index contributed by atoms with van der Waals surface area (Å²) in [6.07, 6.45) is 6.91. The molecule has 2 nitrogen and oxygen atoms in total. The van der Waals surface area contributed by atoms with Gasteiger partial charge >= 0.3 is 5.97 Å². The quantitative estimate of drug-likeness (QED) is 0.587. The van der Waals surface area contributed by atoms with E-state index in [4.69, 9.17) is 4.74 Å². The minimum Gasteiger partial charge on any atom is -0.457 e. The summed E-state index contributed by atoms with van der Waals surface area (Å²) in [5.41, 5.74) is 3.51. The van der Waals surface area contributed by atoms with Gasteiger partial charge < -0.3 is 4.74 Å². The third-order valence-electron chi connectivity index (χ3n) is 2.94. The predicted octanol–water partition coefficient (Wildman–Crippen LogP) is 3.53. The molecule has 0 heterocycles. The maximum Gasteiger partial charge on any atom is 0.331 e. The molecule has 18 heavy (non-hydrogen) atoms. The smallest absolute Gasteiger partial charge is 0.331 e. The van der Waals surface area contributed by atoms with Gasteiger partial charge in [0.15, 0.2) is 0 Å². The van der Waals surface area contributed by atoms with Crippen molar-refractivity contribution < 1.29 is 9.53 Å². The second kappa shape index (κ2) is 4.97. The molecule has 1 aromatic carbocycles. The van der Waals surface area contributed by atoms with Crippen molar-refractivity contribution in [2.45, 2.75) is 45.6 Å². The van der Waals surface area contributed by atoms with Crippen LogP contribution in [0, 0.1) is 0 Å². The predicted molar refractivity (Wildman–Crippen MR) is 73.3 cm³/mol. The first kappa shape index (κ1) is 12.9. The number of ether oxygens (including phenoxy) is 1. The molecule has 0 aliphatic heterocycles. The van der Waals surface area contributed by atoms with Crippen molar-refractivity contribution in [3.63, 3.8) is 0 Å². The van der Waals surface area contributed by atoms with Gasteiger partial charge in [0.1, 0.15) is 5.60 Å². The van der Waals surface area contributed by atoms with Gasteiger partial charge in [0.05, 0.1) is 0 Å². The van der Waals surface area contributed by atoms with Crippen molar-refractivity contribution in [2.75, 3.05) is 0 Å². The molecule has 2 heteroatoms. The van der Waals surface area contributed by atoms with Gasteiger partial charge in [0.2, 0.25) is 0 Å². The first-order chi connectivity index (χ1) is 8.44. The minimum absolute atomic E-state index is 0.289. The Morgan fingerprint density at radius 2 is 1.94 bits per heavy atom. The first-order valence-electron chi connectivity index (χ1n) is 6.47. The highest BCUT2D eigenvalue weighted by Gasteiger charge is 2.14. The van der Waals surface area contributed by atoms with E-state index < -0.39 is 5.60 Å². The van der Waals surface area contributed by atoms with E-state index in [1.165, 1.54) is 30.0 Å². The number of benzene rings is 1. The molecule has 0 saturated heterocycles. The Bertz CT molecular complexity index is 478. The van der Waals surface area contributed by atoms with E-state index >= 15 is 0 Å². The monoisotopic (exact) mass is 244 g/mol. The van der Waals surface area contributed by atoms with Crippen LogP contribution in [0.5, 0.6) is 0 Å². The number of fused-ring (bicyclic) bond motifs is 1. The molecule has 0 spiro atoms. The standard InChI is InChI=1S/C16H20O2/c1-16(2,3)18-15(17)10-8-12-7-9-13-5-4-6-14(13)11-12/h7-11H,4-6H2,1-3H3/b10-8+. The van der Waals surface area contributed by atoms with Crippen LogP contribution in [0.25, 0.3) is 6.08 Å². The van der Waals surface area contributed by atoms with Crippen LogP contribution in [0.3, 0.4) is 0 Å². The van der Waals surface area contributed by atoms with Crippen molar-refractivity contribution in [1.29, 1.82) is 0 Å². The molecule has 2 rings (SSSR count). The summed E-state index contributed by atoms with van der Waals surface area (Å²) in [7, 11) is 0. The lowest BCUT2D eigenvalue weighted by Crippen LogP contribution is -2.22. The van der Waals surface area contributed by atoms with Crippen LogP contribution >= 0.6 is 0 Å². The number of hydrogen-bond acceptors (Lipinski definition) is 2. The lowest BCUT2D eigenvalue weighted by Gasteiger charge is -2.17. The van der Waals surface area contributed by atoms with Crippen molar-refractivity contribution in [2.24, 2.45) is 0 Å². The highest BCUT2D eigenvalue weighted by Crippen LogP contribution is 2.23. The second-order valence-corrected chi connectivity index (χ2v) is 5.75. The Morgan fingerprint density at radius 3 is 2.67 bits per heavy atom. The van der Waals surface area contributed by atoms with E-state index in [-0.39, 0.29) is 5.97 Å². The maximum atomic E-state index is 11.6. The van der Waals surface area contributed by atoms with Gasteiger partial charge in [-0.2, -0.15) is 0 Å². The average Bonchev–Trinajstić information content (AvgIpc) is 2.71. The number of carbonyl (C=O) groups excluding carboxylic acids is 1. The molecular formula is C16H20O2. The van der Waals surface area contributed by atoms with E-state index in [0.717, 1.165) is 12.0 Å². The molecule has 0 N–H and O–H groups in total. The van der Waals surface area contributed by atoms with Gasteiger partial charge in [0, 0.05) is 6.08 Å². The summed E-state index contributed by atoms with van der Waals surface area (Å²) in [6, 6.07) is 6.39. The summed E-state index contributed by atoms with van der Waals surface area (Å²) < 4.78 is 5.23. The van der Waals surface area contributed by atoms with E-state index in [2.05, 4.69) is 18.2 Å². The highest BCUT2D eigenvalue weighted by atomic mass is 16.6. The van der Waals surface area contributed by atoms with Crippen molar-refractivity contribution in [3.05, 3.63) is 41.0 Å². The van der Waals surface area contributed by atoms with E-state index in [0.29, 0.717) is 0 Å². The first-order valence-corrected chi connectivity index (χ1v) is 6.47. The van der Waals surface area contributed by atoms with Gasteiger partial charge in [0.25, 0.3) is 0 Å². The number of aryl methyl sites for hydroxylation is 2. The van der Waals surface area contributed by atoms with Crippen LogP contribution in [0.4, 0.5) is 0 Å². The molecule has 0 bridgehead atoms. The van der Waals surface area contributed by atoms with E-state index in [9.17, 15) is 4.79 Å². The molecule has 0 fully saturated rings. The topological polar surface area (TPSA) is 26.3 Å². The summed E-state index contributed by atoms with van der Waals surface area (Å²) in [5, 5.41) is 0. The molecule has 0 radical (unpaired) electrons. The minimum atomic E-state index is -0.431. The summed E-state index contributed by atoms with van der Waals surface area (Å²) >= 11 is 0. The Balaban J connectivity index is 2.03. The Morgan fingerprint density at radius 1 is 1.22 bits per heavy atom. The molecule has 96 valence electrons. The molecule has 0 unspecified atom stereocenters. The average molecular weight is 244 g/mol. The Labute approximate surface area is 109 Å². The fourth-order valence-electron chi connectivity index (χ4n) is 2.20. The fraction of sp³-hybridized carbons (Fsp3) is 0.438. The van der Waals surface area contributed by atoms with Crippen molar-refractivity contribution in [1.82, 2.24) is 0 Å². The normalized spacial score (nSPS) is 14.8. The second-order valence-electron chi connectivity index (χ2n) is 5.75. The SMILES string of the molecule is CC(C)(C)OC(=O)/C=C/c1ccc2c(c1)CCC2.